The van der Waals surface area contributed by atoms with Crippen LogP contribution in [0.2, 0.25) is 0 Å². The van der Waals surface area contributed by atoms with Crippen molar-refractivity contribution in [3.05, 3.63) is 9.75 Å². The van der Waals surface area contributed by atoms with Gasteiger partial charge in [-0.3, -0.25) is 0 Å². The van der Waals surface area contributed by atoms with Gasteiger partial charge in [0, 0.05) is 16.8 Å². The Morgan fingerprint density at radius 3 is 2.28 bits per heavy atom. The number of rotatable bonds is 0. The number of hydrogen-bond acceptors (Lipinski definition) is 6. The highest BCUT2D eigenvalue weighted by Crippen LogP contribution is 2.46. The Bertz CT molecular complexity index is 884. The SMILES string of the molecule is Cc1sc(C)c2c3c(oc12)S(=O)(=O)N(C)S3(=O)=O. The van der Waals surface area contributed by atoms with E-state index >= 15 is 0 Å². The number of thiophene rings is 1. The minimum Gasteiger partial charge on any atom is -0.441 e. The number of fused-ring (bicyclic) bond motifs is 3. The first-order chi connectivity index (χ1) is 8.19. The van der Waals surface area contributed by atoms with E-state index in [2.05, 4.69) is 0 Å². The third-order valence-corrected chi connectivity index (χ3v) is 8.31. The molecule has 0 bridgehead atoms. The molecular weight excluding hydrogens is 298 g/mol. The van der Waals surface area contributed by atoms with Crippen LogP contribution >= 0.6 is 11.3 Å². The number of sulfonamides is 2. The normalized spacial score (nSPS) is 21.5. The molecule has 0 aliphatic carbocycles. The van der Waals surface area contributed by atoms with Gasteiger partial charge in [0.15, 0.2) is 10.5 Å². The largest absolute Gasteiger partial charge is 0.441 e. The molecule has 0 saturated carbocycles. The maximum Gasteiger partial charge on any atom is 0.290 e. The molecule has 98 valence electrons. The zero-order valence-corrected chi connectivity index (χ0v) is 12.2. The van der Waals surface area contributed by atoms with E-state index in [4.69, 9.17) is 4.42 Å². The quantitative estimate of drug-likeness (QED) is 0.735. The molecule has 0 unspecified atom stereocenters. The van der Waals surface area contributed by atoms with Gasteiger partial charge < -0.3 is 4.42 Å². The highest BCUT2D eigenvalue weighted by Gasteiger charge is 2.50. The summed E-state index contributed by atoms with van der Waals surface area (Å²) < 4.78 is 53.8. The van der Waals surface area contributed by atoms with Crippen LogP contribution in [-0.2, 0) is 20.0 Å². The third kappa shape index (κ3) is 1.15. The van der Waals surface area contributed by atoms with Crippen LogP contribution < -0.4 is 0 Å². The van der Waals surface area contributed by atoms with Gasteiger partial charge in [-0.25, -0.2) is 16.8 Å². The van der Waals surface area contributed by atoms with Crippen LogP contribution in [0, 0.1) is 13.8 Å². The van der Waals surface area contributed by atoms with Gasteiger partial charge in [-0.2, -0.15) is 0 Å². The van der Waals surface area contributed by atoms with E-state index in [1.165, 1.54) is 11.3 Å². The molecule has 3 heterocycles. The fourth-order valence-corrected chi connectivity index (χ4v) is 6.99. The van der Waals surface area contributed by atoms with Crippen LogP contribution in [0.1, 0.15) is 9.75 Å². The maximum absolute atomic E-state index is 12.1. The summed E-state index contributed by atoms with van der Waals surface area (Å²) in [7, 11) is -7.09. The van der Waals surface area contributed by atoms with Crippen LogP contribution in [0.5, 0.6) is 0 Å². The molecular formula is C9H9NO5S3. The van der Waals surface area contributed by atoms with E-state index in [1.54, 1.807) is 13.8 Å². The maximum atomic E-state index is 12.1. The average molecular weight is 307 g/mol. The van der Waals surface area contributed by atoms with Crippen molar-refractivity contribution in [2.24, 2.45) is 0 Å². The van der Waals surface area contributed by atoms with Gasteiger partial charge >= 0.3 is 0 Å². The molecule has 0 radical (unpaired) electrons. The predicted molar refractivity (Wildman–Crippen MR) is 65.7 cm³/mol. The van der Waals surface area contributed by atoms with Crippen molar-refractivity contribution in [2.45, 2.75) is 23.8 Å². The highest BCUT2D eigenvalue weighted by atomic mass is 32.3. The summed E-state index contributed by atoms with van der Waals surface area (Å²) >= 11 is 1.39. The Labute approximate surface area is 108 Å². The molecule has 0 amide bonds. The molecule has 0 N–H and O–H groups in total. The molecule has 1 aliphatic rings. The lowest BCUT2D eigenvalue weighted by Crippen LogP contribution is -2.25. The Morgan fingerprint density at radius 1 is 1.06 bits per heavy atom. The molecule has 9 heteroatoms. The van der Waals surface area contributed by atoms with E-state index in [0.717, 1.165) is 16.8 Å². The summed E-state index contributed by atoms with van der Waals surface area (Å²) in [5.74, 6) is 0. The number of aryl methyl sites for hydroxylation is 2. The monoisotopic (exact) mass is 307 g/mol. The van der Waals surface area contributed by atoms with Gasteiger partial charge in [-0.1, -0.05) is 3.71 Å². The molecule has 3 rings (SSSR count). The number of hydrogen-bond donors (Lipinski definition) is 0. The third-order valence-electron chi connectivity index (χ3n) is 2.98. The predicted octanol–water partition coefficient (Wildman–Crippen LogP) is 1.43. The first-order valence-electron chi connectivity index (χ1n) is 4.95. The van der Waals surface area contributed by atoms with Crippen LogP contribution in [0.25, 0.3) is 11.0 Å². The van der Waals surface area contributed by atoms with Crippen molar-refractivity contribution in [2.75, 3.05) is 7.05 Å². The topological polar surface area (TPSA) is 84.7 Å². The Morgan fingerprint density at radius 2 is 1.67 bits per heavy atom. The number of nitrogens with zero attached hydrogens (tertiary/aromatic N) is 1. The molecule has 0 atom stereocenters. The van der Waals surface area contributed by atoms with Gasteiger partial charge in [0.05, 0.1) is 5.39 Å². The summed E-state index contributed by atoms with van der Waals surface area (Å²) in [6, 6.07) is 0. The zero-order chi connectivity index (χ0) is 13.5. The van der Waals surface area contributed by atoms with Crippen molar-refractivity contribution >= 4 is 42.4 Å². The molecule has 2 aromatic heterocycles. The van der Waals surface area contributed by atoms with Crippen molar-refractivity contribution in [3.63, 3.8) is 0 Å². The summed E-state index contributed by atoms with van der Waals surface area (Å²) in [6.07, 6.45) is 0. The summed E-state index contributed by atoms with van der Waals surface area (Å²) in [5, 5.41) is -0.0746. The molecule has 18 heavy (non-hydrogen) atoms. The summed E-state index contributed by atoms with van der Waals surface area (Å²) in [6.45, 7) is 3.51. The van der Waals surface area contributed by atoms with Gasteiger partial charge in [0.2, 0.25) is 0 Å². The average Bonchev–Trinajstić information content (AvgIpc) is 2.81. The summed E-state index contributed by atoms with van der Waals surface area (Å²) in [5.41, 5.74) is 0.350. The van der Waals surface area contributed by atoms with E-state index in [-0.39, 0.29) is 4.90 Å². The first-order valence-corrected chi connectivity index (χ1v) is 8.65. The molecule has 1 aliphatic heterocycles. The zero-order valence-electron chi connectivity index (χ0n) is 9.71. The lowest BCUT2D eigenvalue weighted by molar-refractivity contribution is 0.462. The first kappa shape index (κ1) is 12.2. The fraction of sp³-hybridized carbons (Fsp3) is 0.333. The second kappa shape index (κ2) is 3.16. The second-order valence-corrected chi connectivity index (χ2v) is 9.46. The van der Waals surface area contributed by atoms with Crippen molar-refractivity contribution < 1.29 is 21.3 Å². The van der Waals surface area contributed by atoms with E-state index < -0.39 is 25.1 Å². The Kier molecular flexibility index (Phi) is 2.13. The van der Waals surface area contributed by atoms with Crippen LogP contribution in [0.4, 0.5) is 0 Å². The van der Waals surface area contributed by atoms with E-state index in [1.807, 2.05) is 0 Å². The fourth-order valence-electron chi connectivity index (χ4n) is 2.07. The summed E-state index contributed by atoms with van der Waals surface area (Å²) in [4.78, 5) is 1.29. The van der Waals surface area contributed by atoms with E-state index in [0.29, 0.717) is 14.7 Å². The Balaban J connectivity index is 2.64. The minimum atomic E-state index is -4.07. The van der Waals surface area contributed by atoms with Crippen LogP contribution in [0.15, 0.2) is 14.4 Å². The lowest BCUT2D eigenvalue weighted by atomic mass is 10.3. The molecule has 0 aromatic carbocycles. The molecule has 2 aromatic rings. The minimum absolute atomic E-state index is 0.221. The highest BCUT2D eigenvalue weighted by molar-refractivity contribution is 8.06. The van der Waals surface area contributed by atoms with Crippen LogP contribution in [-0.4, -0.2) is 27.6 Å². The Hall–Kier alpha value is -0.900. The van der Waals surface area contributed by atoms with Crippen LogP contribution in [0.3, 0.4) is 0 Å². The smallest absolute Gasteiger partial charge is 0.290 e. The van der Waals surface area contributed by atoms with E-state index in [9.17, 15) is 16.8 Å². The van der Waals surface area contributed by atoms with Gasteiger partial charge in [0.25, 0.3) is 25.1 Å². The van der Waals surface area contributed by atoms with Crippen molar-refractivity contribution in [1.29, 1.82) is 0 Å². The van der Waals surface area contributed by atoms with Crippen molar-refractivity contribution in [3.8, 4) is 0 Å². The van der Waals surface area contributed by atoms with Crippen molar-refractivity contribution in [1.82, 2.24) is 3.71 Å². The van der Waals surface area contributed by atoms with Gasteiger partial charge in [0.1, 0.15) is 0 Å². The van der Waals surface area contributed by atoms with Gasteiger partial charge in [-0.05, 0) is 13.8 Å². The molecule has 0 spiro atoms. The molecule has 0 saturated heterocycles. The standard InChI is InChI=1S/C9H9NO5S3/c1-4-6-7(5(2)16-4)15-9-8(6)17(11,12)10(3)18(9,13)14/h1-3H3. The second-order valence-electron chi connectivity index (χ2n) is 4.03. The molecule has 6 nitrogen and oxygen atoms in total. The molecule has 0 fully saturated rings. The van der Waals surface area contributed by atoms with Gasteiger partial charge in [-0.15, -0.1) is 11.3 Å². The lowest BCUT2D eigenvalue weighted by Gasteiger charge is -2.05. The number of furan rings is 1.